The van der Waals surface area contributed by atoms with Crippen LogP contribution in [0.25, 0.3) is 0 Å². The van der Waals surface area contributed by atoms with Gasteiger partial charge < -0.3 is 4.79 Å². The van der Waals surface area contributed by atoms with E-state index in [1.54, 1.807) is 11.4 Å². The number of aldehydes is 1. The maximum Gasteiger partial charge on any atom is 0.250 e. The highest BCUT2D eigenvalue weighted by Crippen LogP contribution is 2.14. The van der Waals surface area contributed by atoms with Crippen LogP contribution in [-0.2, 0) is 14.8 Å². The highest BCUT2D eigenvalue weighted by molar-refractivity contribution is 7.91. The molecule has 0 aliphatic heterocycles. The second-order valence-corrected chi connectivity index (χ2v) is 4.89. The molecule has 0 bridgehead atoms. The van der Waals surface area contributed by atoms with E-state index in [4.69, 9.17) is 0 Å². The van der Waals surface area contributed by atoms with Crippen molar-refractivity contribution in [3.63, 3.8) is 0 Å². The zero-order valence-electron chi connectivity index (χ0n) is 6.06. The van der Waals surface area contributed by atoms with Crippen molar-refractivity contribution in [2.75, 3.05) is 6.54 Å². The Hall–Kier alpha value is -0.720. The summed E-state index contributed by atoms with van der Waals surface area (Å²) in [6, 6.07) is 3.12. The van der Waals surface area contributed by atoms with Gasteiger partial charge in [-0.05, 0) is 11.4 Å². The fourth-order valence-electron chi connectivity index (χ4n) is 0.631. The number of carbonyl (C=O) groups excluding carboxylic acids is 1. The predicted molar refractivity (Wildman–Crippen MR) is 45.6 cm³/mol. The lowest BCUT2D eigenvalue weighted by atomic mass is 10.7. The van der Waals surface area contributed by atoms with Gasteiger partial charge in [0, 0.05) is 0 Å². The number of hydrogen-bond acceptors (Lipinski definition) is 4. The van der Waals surface area contributed by atoms with Crippen molar-refractivity contribution in [3.8, 4) is 0 Å². The molecule has 0 aliphatic carbocycles. The zero-order chi connectivity index (χ0) is 9.03. The van der Waals surface area contributed by atoms with Gasteiger partial charge in [0.25, 0.3) is 0 Å². The van der Waals surface area contributed by atoms with Gasteiger partial charge in [-0.1, -0.05) is 6.07 Å². The second-order valence-electron chi connectivity index (χ2n) is 1.95. The van der Waals surface area contributed by atoms with Crippen LogP contribution in [0.15, 0.2) is 21.7 Å². The molecule has 0 saturated carbocycles. The molecule has 0 fully saturated rings. The quantitative estimate of drug-likeness (QED) is 0.715. The Balaban J connectivity index is 2.80. The molecule has 0 unspecified atom stereocenters. The maximum atomic E-state index is 11.2. The van der Waals surface area contributed by atoms with Crippen LogP contribution >= 0.6 is 11.3 Å². The van der Waals surface area contributed by atoms with Gasteiger partial charge in [0.05, 0.1) is 6.54 Å². The summed E-state index contributed by atoms with van der Waals surface area (Å²) in [7, 11) is -3.44. The summed E-state index contributed by atoms with van der Waals surface area (Å²) < 4.78 is 24.7. The first-order chi connectivity index (χ1) is 5.67. The fraction of sp³-hybridized carbons (Fsp3) is 0.167. The van der Waals surface area contributed by atoms with Crippen molar-refractivity contribution in [3.05, 3.63) is 17.5 Å². The number of hydrogen-bond donors (Lipinski definition) is 1. The zero-order valence-corrected chi connectivity index (χ0v) is 7.69. The lowest BCUT2D eigenvalue weighted by molar-refractivity contribution is -0.106. The largest absolute Gasteiger partial charge is 0.302 e. The van der Waals surface area contributed by atoms with Gasteiger partial charge in [0.1, 0.15) is 10.5 Å². The van der Waals surface area contributed by atoms with Gasteiger partial charge in [0.2, 0.25) is 10.0 Å². The Morgan fingerprint density at radius 1 is 1.58 bits per heavy atom. The standard InChI is InChI=1S/C6H7NO3S2/c8-4-3-7-12(9,10)6-2-1-5-11-6/h1-2,4-5,7H,3H2. The predicted octanol–water partition coefficient (Wildman–Crippen LogP) is 0.225. The topological polar surface area (TPSA) is 63.2 Å². The second kappa shape index (κ2) is 3.79. The normalized spacial score (nSPS) is 11.3. The molecule has 0 radical (unpaired) electrons. The van der Waals surface area contributed by atoms with Crippen molar-refractivity contribution in [2.24, 2.45) is 0 Å². The van der Waals surface area contributed by atoms with Crippen LogP contribution in [0, 0.1) is 0 Å². The van der Waals surface area contributed by atoms with E-state index in [0.29, 0.717) is 6.29 Å². The summed E-state index contributed by atoms with van der Waals surface area (Å²) in [5, 5.41) is 1.66. The Bertz CT molecular complexity index is 341. The summed E-state index contributed by atoms with van der Waals surface area (Å²) in [5.41, 5.74) is 0. The molecule has 0 spiro atoms. The van der Waals surface area contributed by atoms with Crippen LogP contribution in [0.1, 0.15) is 0 Å². The minimum atomic E-state index is -3.44. The van der Waals surface area contributed by atoms with Gasteiger partial charge in [-0.2, -0.15) is 0 Å². The molecule has 1 aromatic rings. The van der Waals surface area contributed by atoms with Crippen LogP contribution in [0.5, 0.6) is 0 Å². The number of sulfonamides is 1. The molecule has 66 valence electrons. The molecule has 6 heteroatoms. The first-order valence-corrected chi connectivity index (χ1v) is 5.50. The molecule has 0 saturated heterocycles. The van der Waals surface area contributed by atoms with Crippen LogP contribution in [0.2, 0.25) is 0 Å². The van der Waals surface area contributed by atoms with E-state index >= 15 is 0 Å². The summed E-state index contributed by atoms with van der Waals surface area (Å²) in [6.07, 6.45) is 0.505. The van der Waals surface area contributed by atoms with Gasteiger partial charge in [-0.3, -0.25) is 0 Å². The lowest BCUT2D eigenvalue weighted by Crippen LogP contribution is -2.24. The van der Waals surface area contributed by atoms with E-state index in [0.717, 1.165) is 11.3 Å². The van der Waals surface area contributed by atoms with Gasteiger partial charge >= 0.3 is 0 Å². The van der Waals surface area contributed by atoms with Crippen LogP contribution in [-0.4, -0.2) is 21.2 Å². The minimum Gasteiger partial charge on any atom is -0.302 e. The fourth-order valence-corrected chi connectivity index (χ4v) is 2.62. The maximum absolute atomic E-state index is 11.2. The average molecular weight is 205 g/mol. The van der Waals surface area contributed by atoms with E-state index in [2.05, 4.69) is 4.72 Å². The molecule has 1 rings (SSSR count). The summed E-state index contributed by atoms with van der Waals surface area (Å²) in [5.74, 6) is 0. The van der Waals surface area contributed by atoms with E-state index in [9.17, 15) is 13.2 Å². The molecule has 0 amide bonds. The minimum absolute atomic E-state index is 0.180. The molecule has 0 atom stereocenters. The van der Waals surface area contributed by atoms with Gasteiger partial charge in [-0.15, -0.1) is 11.3 Å². The number of nitrogens with one attached hydrogen (secondary N) is 1. The molecule has 0 aliphatic rings. The first-order valence-electron chi connectivity index (χ1n) is 3.13. The van der Waals surface area contributed by atoms with Crippen LogP contribution in [0.3, 0.4) is 0 Å². The summed E-state index contributed by atoms with van der Waals surface area (Å²) in [4.78, 5) is 9.90. The van der Waals surface area contributed by atoms with Crippen molar-refractivity contribution in [1.82, 2.24) is 4.72 Å². The highest BCUT2D eigenvalue weighted by atomic mass is 32.2. The Kier molecular flexibility index (Phi) is 2.96. The molecule has 4 nitrogen and oxygen atoms in total. The lowest BCUT2D eigenvalue weighted by Gasteiger charge is -1.98. The number of thiophene rings is 1. The Morgan fingerprint density at radius 3 is 2.83 bits per heavy atom. The van der Waals surface area contributed by atoms with Crippen molar-refractivity contribution < 1.29 is 13.2 Å². The molecule has 1 aromatic heterocycles. The van der Waals surface area contributed by atoms with Crippen molar-refractivity contribution >= 4 is 27.6 Å². The van der Waals surface area contributed by atoms with E-state index in [-0.39, 0.29) is 10.8 Å². The molecular weight excluding hydrogens is 198 g/mol. The average Bonchev–Trinajstić information content (AvgIpc) is 2.53. The van der Waals surface area contributed by atoms with Crippen molar-refractivity contribution in [2.45, 2.75) is 4.21 Å². The third-order valence-corrected chi connectivity index (χ3v) is 3.94. The third-order valence-electron chi connectivity index (χ3n) is 1.12. The summed E-state index contributed by atoms with van der Waals surface area (Å²) >= 11 is 1.11. The highest BCUT2D eigenvalue weighted by Gasteiger charge is 2.12. The van der Waals surface area contributed by atoms with Gasteiger partial charge in [0.15, 0.2) is 0 Å². The van der Waals surface area contributed by atoms with Crippen LogP contribution in [0.4, 0.5) is 0 Å². The molecule has 12 heavy (non-hydrogen) atoms. The number of rotatable bonds is 4. The Morgan fingerprint density at radius 2 is 2.33 bits per heavy atom. The smallest absolute Gasteiger partial charge is 0.250 e. The van der Waals surface area contributed by atoms with Crippen LogP contribution < -0.4 is 4.72 Å². The third kappa shape index (κ3) is 2.13. The molecule has 1 heterocycles. The van der Waals surface area contributed by atoms with E-state index < -0.39 is 10.0 Å². The first kappa shape index (κ1) is 9.37. The Labute approximate surface area is 74.3 Å². The molecular formula is C6H7NO3S2. The monoisotopic (exact) mass is 205 g/mol. The van der Waals surface area contributed by atoms with Crippen molar-refractivity contribution in [1.29, 1.82) is 0 Å². The SMILES string of the molecule is O=CCNS(=O)(=O)c1cccs1. The number of carbonyl (C=O) groups is 1. The van der Waals surface area contributed by atoms with Gasteiger partial charge in [-0.25, -0.2) is 13.1 Å². The van der Waals surface area contributed by atoms with E-state index in [1.165, 1.54) is 6.07 Å². The van der Waals surface area contributed by atoms with E-state index in [1.807, 2.05) is 0 Å². The summed E-state index contributed by atoms with van der Waals surface area (Å²) in [6.45, 7) is -0.180. The molecule has 1 N–H and O–H groups in total. The molecule has 0 aromatic carbocycles.